The molecule has 0 saturated carbocycles. The Labute approximate surface area is 165 Å². The molecular weight excluding hydrogens is 374 g/mol. The molecule has 4 heterocycles. The Kier molecular flexibility index (Phi) is 4.75. The Bertz CT molecular complexity index is 1060. The van der Waals surface area contributed by atoms with Crippen LogP contribution in [-0.4, -0.2) is 31.7 Å². The van der Waals surface area contributed by atoms with E-state index in [1.54, 1.807) is 30.5 Å². The van der Waals surface area contributed by atoms with Crippen LogP contribution in [-0.2, 0) is 16.1 Å². The van der Waals surface area contributed by atoms with Crippen molar-refractivity contribution >= 4 is 28.8 Å². The van der Waals surface area contributed by atoms with Crippen molar-refractivity contribution in [3.8, 4) is 0 Å². The summed E-state index contributed by atoms with van der Waals surface area (Å²) in [5.41, 5.74) is 2.18. The van der Waals surface area contributed by atoms with Crippen molar-refractivity contribution in [3.05, 3.63) is 87.6 Å². The molecule has 1 N–H and O–H groups in total. The van der Waals surface area contributed by atoms with E-state index in [9.17, 15) is 14.7 Å². The first kappa shape index (κ1) is 18.1. The highest BCUT2D eigenvalue weighted by molar-refractivity contribution is 7.10. The predicted molar refractivity (Wildman–Crippen MR) is 105 cm³/mol. The lowest BCUT2D eigenvalue weighted by molar-refractivity contribution is -0.140. The summed E-state index contributed by atoms with van der Waals surface area (Å²) in [5.74, 6) is -1.52. The van der Waals surface area contributed by atoms with Gasteiger partial charge in [-0.25, -0.2) is 0 Å². The number of hydrogen-bond acceptors (Lipinski definition) is 6. The molecule has 0 aliphatic carbocycles. The van der Waals surface area contributed by atoms with Crippen LogP contribution in [0.1, 0.15) is 27.7 Å². The number of ketones is 1. The van der Waals surface area contributed by atoms with Crippen molar-refractivity contribution < 1.29 is 14.7 Å². The van der Waals surface area contributed by atoms with Gasteiger partial charge in [-0.1, -0.05) is 6.07 Å². The van der Waals surface area contributed by atoms with Gasteiger partial charge in [-0.15, -0.1) is 11.3 Å². The number of carbonyl (C=O) groups is 2. The van der Waals surface area contributed by atoms with Crippen LogP contribution in [0, 0.1) is 6.92 Å². The van der Waals surface area contributed by atoms with Gasteiger partial charge in [0.1, 0.15) is 11.8 Å². The molecule has 0 aromatic carbocycles. The number of rotatable bonds is 4. The number of hydrogen-bond donors (Lipinski definition) is 1. The summed E-state index contributed by atoms with van der Waals surface area (Å²) in [6.45, 7) is 2.11. The largest absolute Gasteiger partial charge is 0.507 e. The molecule has 7 heteroatoms. The summed E-state index contributed by atoms with van der Waals surface area (Å²) < 4.78 is 0. The van der Waals surface area contributed by atoms with Gasteiger partial charge in [-0.05, 0) is 48.2 Å². The number of aliphatic hydroxyl groups is 1. The molecule has 4 rings (SSSR count). The Morgan fingerprint density at radius 1 is 1.14 bits per heavy atom. The van der Waals surface area contributed by atoms with E-state index in [0.717, 1.165) is 10.4 Å². The van der Waals surface area contributed by atoms with Gasteiger partial charge in [0.15, 0.2) is 0 Å². The van der Waals surface area contributed by atoms with Crippen LogP contribution >= 0.6 is 11.3 Å². The van der Waals surface area contributed by atoms with E-state index in [0.29, 0.717) is 11.3 Å². The van der Waals surface area contributed by atoms with Crippen LogP contribution < -0.4 is 0 Å². The topological polar surface area (TPSA) is 83.4 Å². The molecule has 1 atom stereocenters. The van der Waals surface area contributed by atoms with Crippen molar-refractivity contribution in [2.75, 3.05) is 0 Å². The van der Waals surface area contributed by atoms with Gasteiger partial charge in [-0.3, -0.25) is 19.6 Å². The summed E-state index contributed by atoms with van der Waals surface area (Å²) in [6.07, 6.45) is 4.71. The van der Waals surface area contributed by atoms with Gasteiger partial charge >= 0.3 is 0 Å². The minimum Gasteiger partial charge on any atom is -0.507 e. The predicted octanol–water partition coefficient (Wildman–Crippen LogP) is 3.47. The van der Waals surface area contributed by atoms with Crippen LogP contribution in [0.25, 0.3) is 5.76 Å². The molecule has 3 aromatic heterocycles. The molecule has 28 heavy (non-hydrogen) atoms. The van der Waals surface area contributed by atoms with Crippen molar-refractivity contribution in [2.24, 2.45) is 0 Å². The first-order valence-corrected chi connectivity index (χ1v) is 9.58. The molecule has 0 spiro atoms. The Balaban J connectivity index is 1.87. The summed E-state index contributed by atoms with van der Waals surface area (Å²) in [5, 5.41) is 12.8. The molecular formula is C21H17N3O3S. The number of likely N-dealkylation sites (tertiary alicyclic amines) is 1. The maximum atomic E-state index is 12.9. The number of aromatic nitrogens is 2. The summed E-state index contributed by atoms with van der Waals surface area (Å²) >= 11 is 1.46. The fraction of sp³-hybridized carbons (Fsp3) is 0.143. The summed E-state index contributed by atoms with van der Waals surface area (Å²) in [7, 11) is 0. The second-order valence-corrected chi connectivity index (χ2v) is 7.40. The highest BCUT2D eigenvalue weighted by atomic mass is 32.1. The Morgan fingerprint density at radius 3 is 2.57 bits per heavy atom. The molecule has 1 fully saturated rings. The molecule has 1 unspecified atom stereocenters. The number of aliphatic hydroxyl groups excluding tert-OH is 1. The zero-order valence-electron chi connectivity index (χ0n) is 15.1. The van der Waals surface area contributed by atoms with E-state index in [1.807, 2.05) is 24.4 Å². The molecule has 1 aliphatic rings. The fourth-order valence-corrected chi connectivity index (χ4v) is 4.36. The third-order valence-electron chi connectivity index (χ3n) is 4.70. The maximum Gasteiger partial charge on any atom is 0.296 e. The minimum absolute atomic E-state index is 0.0951. The zero-order chi connectivity index (χ0) is 19.7. The quantitative estimate of drug-likeness (QED) is 0.418. The van der Waals surface area contributed by atoms with Crippen molar-refractivity contribution in [1.82, 2.24) is 14.9 Å². The van der Waals surface area contributed by atoms with Crippen LogP contribution in [0.3, 0.4) is 0 Å². The van der Waals surface area contributed by atoms with E-state index in [2.05, 4.69) is 9.97 Å². The van der Waals surface area contributed by atoms with Crippen LogP contribution in [0.4, 0.5) is 0 Å². The van der Waals surface area contributed by atoms with Gasteiger partial charge in [0.05, 0.1) is 17.8 Å². The second-order valence-electron chi connectivity index (χ2n) is 6.45. The van der Waals surface area contributed by atoms with E-state index in [-0.39, 0.29) is 17.9 Å². The third-order valence-corrected chi connectivity index (χ3v) is 5.77. The monoisotopic (exact) mass is 391 g/mol. The average Bonchev–Trinajstić information content (AvgIpc) is 3.25. The van der Waals surface area contributed by atoms with Gasteiger partial charge in [0.2, 0.25) is 0 Å². The zero-order valence-corrected chi connectivity index (χ0v) is 15.9. The third kappa shape index (κ3) is 3.10. The Morgan fingerprint density at radius 2 is 1.93 bits per heavy atom. The lowest BCUT2D eigenvalue weighted by atomic mass is 9.99. The molecule has 140 valence electrons. The molecule has 1 aliphatic heterocycles. The smallest absolute Gasteiger partial charge is 0.296 e. The van der Waals surface area contributed by atoms with Crippen molar-refractivity contribution in [1.29, 1.82) is 0 Å². The number of amides is 1. The first-order chi connectivity index (χ1) is 13.6. The Hall–Kier alpha value is -3.32. The lowest BCUT2D eigenvalue weighted by Gasteiger charge is -2.24. The number of thiophene rings is 1. The SMILES string of the molecule is Cc1ccsc1C1/C(=C(/O)c2ccncc2)C(=O)C(=O)N1Cc1ccccn1. The molecule has 6 nitrogen and oxygen atoms in total. The number of nitrogens with zero attached hydrogens (tertiary/aromatic N) is 3. The lowest BCUT2D eigenvalue weighted by Crippen LogP contribution is -2.29. The maximum absolute atomic E-state index is 12.9. The van der Waals surface area contributed by atoms with E-state index >= 15 is 0 Å². The van der Waals surface area contributed by atoms with Crippen LogP contribution in [0.15, 0.2) is 65.9 Å². The van der Waals surface area contributed by atoms with Gasteiger partial charge in [0, 0.05) is 29.0 Å². The highest BCUT2D eigenvalue weighted by Gasteiger charge is 2.47. The van der Waals surface area contributed by atoms with E-state index in [4.69, 9.17) is 0 Å². The molecule has 1 amide bonds. The number of carbonyl (C=O) groups excluding carboxylic acids is 2. The van der Waals surface area contributed by atoms with Gasteiger partial charge in [-0.2, -0.15) is 0 Å². The van der Waals surface area contributed by atoms with Crippen LogP contribution in [0.2, 0.25) is 0 Å². The number of Topliss-reactive ketones (excluding diaryl/α,β-unsaturated/α-hetero) is 1. The standard InChI is InChI=1S/C21H17N3O3S/c1-13-7-11-28-20(13)17-16(18(25)14-5-9-22-10-6-14)19(26)21(27)24(17)12-15-4-2-3-8-23-15/h2-11,17,25H,12H2,1H3/b18-16-. The first-order valence-electron chi connectivity index (χ1n) is 8.70. The van der Waals surface area contributed by atoms with Gasteiger partial charge < -0.3 is 10.0 Å². The number of pyridine rings is 2. The fourth-order valence-electron chi connectivity index (χ4n) is 3.31. The van der Waals surface area contributed by atoms with Crippen LogP contribution in [0.5, 0.6) is 0 Å². The normalized spacial score (nSPS) is 18.6. The molecule has 0 bridgehead atoms. The van der Waals surface area contributed by atoms with E-state index in [1.165, 1.54) is 28.6 Å². The number of aryl methyl sites for hydroxylation is 1. The van der Waals surface area contributed by atoms with Crippen molar-refractivity contribution in [3.63, 3.8) is 0 Å². The summed E-state index contributed by atoms with van der Waals surface area (Å²) in [6, 6.07) is 9.94. The molecule has 1 saturated heterocycles. The van der Waals surface area contributed by atoms with Gasteiger partial charge in [0.25, 0.3) is 11.7 Å². The molecule has 3 aromatic rings. The average molecular weight is 391 g/mol. The van der Waals surface area contributed by atoms with E-state index < -0.39 is 17.7 Å². The highest BCUT2D eigenvalue weighted by Crippen LogP contribution is 2.43. The minimum atomic E-state index is -0.692. The molecule has 0 radical (unpaired) electrons. The summed E-state index contributed by atoms with van der Waals surface area (Å²) in [4.78, 5) is 36.3. The van der Waals surface area contributed by atoms with Crippen molar-refractivity contribution in [2.45, 2.75) is 19.5 Å². The second kappa shape index (κ2) is 7.36.